The minimum Gasteiger partial charge on any atom is -0.491 e. The number of carbonyl (C=O) groups excluding carboxylic acids is 1. The highest BCUT2D eigenvalue weighted by molar-refractivity contribution is 5.81. The van der Waals surface area contributed by atoms with Crippen molar-refractivity contribution in [3.8, 4) is 5.75 Å². The Morgan fingerprint density at radius 2 is 2.06 bits per heavy atom. The summed E-state index contributed by atoms with van der Waals surface area (Å²) in [6, 6.07) is 8.09. The van der Waals surface area contributed by atoms with Crippen LogP contribution in [0, 0.1) is 0 Å². The number of para-hydroxylation sites is 1. The van der Waals surface area contributed by atoms with Crippen LogP contribution in [0.1, 0.15) is 44.6 Å². The van der Waals surface area contributed by atoms with E-state index in [1.807, 2.05) is 32.0 Å². The average Bonchev–Trinajstić information content (AvgIpc) is 2.65. The Bertz CT molecular complexity index is 382. The predicted molar refractivity (Wildman–Crippen MR) is 63.8 cm³/mol. The Balaban J connectivity index is 2.22. The fourth-order valence-electron chi connectivity index (χ4n) is 2.26. The van der Waals surface area contributed by atoms with E-state index in [4.69, 9.17) is 4.74 Å². The van der Waals surface area contributed by atoms with Crippen LogP contribution in [0.25, 0.3) is 0 Å². The number of hydrogen-bond acceptors (Lipinski definition) is 2. The fourth-order valence-corrected chi connectivity index (χ4v) is 2.26. The number of ether oxygens (including phenoxy) is 1. The van der Waals surface area contributed by atoms with Crippen molar-refractivity contribution in [2.75, 3.05) is 0 Å². The van der Waals surface area contributed by atoms with Gasteiger partial charge in [0.25, 0.3) is 0 Å². The third-order valence-electron chi connectivity index (χ3n) is 2.97. The van der Waals surface area contributed by atoms with Gasteiger partial charge in [0, 0.05) is 12.8 Å². The van der Waals surface area contributed by atoms with Crippen LogP contribution < -0.4 is 4.74 Å². The van der Waals surface area contributed by atoms with E-state index < -0.39 is 0 Å². The van der Waals surface area contributed by atoms with Gasteiger partial charge in [0.2, 0.25) is 0 Å². The van der Waals surface area contributed by atoms with Gasteiger partial charge in [-0.25, -0.2) is 0 Å². The molecule has 1 saturated carbocycles. The van der Waals surface area contributed by atoms with Gasteiger partial charge in [0.15, 0.2) is 0 Å². The molecule has 2 heteroatoms. The van der Waals surface area contributed by atoms with Crippen molar-refractivity contribution in [2.45, 2.75) is 45.1 Å². The first kappa shape index (κ1) is 11.2. The summed E-state index contributed by atoms with van der Waals surface area (Å²) in [5.74, 6) is 1.68. The van der Waals surface area contributed by atoms with Crippen molar-refractivity contribution < 1.29 is 9.53 Å². The first-order valence-corrected chi connectivity index (χ1v) is 5.94. The van der Waals surface area contributed by atoms with E-state index in [1.165, 1.54) is 5.56 Å². The van der Waals surface area contributed by atoms with Gasteiger partial charge in [-0.3, -0.25) is 4.79 Å². The lowest BCUT2D eigenvalue weighted by Gasteiger charge is -2.17. The Hall–Kier alpha value is -1.31. The Kier molecular flexibility index (Phi) is 3.28. The molecule has 1 aliphatic carbocycles. The molecular formula is C14H18O2. The Morgan fingerprint density at radius 3 is 2.69 bits per heavy atom. The molecule has 2 nitrogen and oxygen atoms in total. The molecule has 0 heterocycles. The predicted octanol–water partition coefficient (Wildman–Crippen LogP) is 3.31. The lowest BCUT2D eigenvalue weighted by atomic mass is 9.97. The zero-order valence-corrected chi connectivity index (χ0v) is 9.90. The molecule has 0 radical (unpaired) electrons. The lowest BCUT2D eigenvalue weighted by molar-refractivity contribution is -0.117. The van der Waals surface area contributed by atoms with E-state index in [1.54, 1.807) is 0 Å². The largest absolute Gasteiger partial charge is 0.491 e. The van der Waals surface area contributed by atoms with Gasteiger partial charge in [-0.1, -0.05) is 18.2 Å². The molecule has 1 aliphatic rings. The van der Waals surface area contributed by atoms with Gasteiger partial charge < -0.3 is 4.74 Å². The molecule has 0 N–H and O–H groups in total. The molecule has 0 spiro atoms. The van der Waals surface area contributed by atoms with Crippen LogP contribution in [-0.2, 0) is 4.79 Å². The molecule has 0 bridgehead atoms. The first-order valence-electron chi connectivity index (χ1n) is 5.94. The average molecular weight is 218 g/mol. The van der Waals surface area contributed by atoms with Crippen molar-refractivity contribution >= 4 is 5.78 Å². The number of Topliss-reactive ketones (excluding diaryl/α,β-unsaturated/α-hetero) is 1. The van der Waals surface area contributed by atoms with Crippen LogP contribution in [0.2, 0.25) is 0 Å². The van der Waals surface area contributed by atoms with Crippen molar-refractivity contribution in [2.24, 2.45) is 0 Å². The highest BCUT2D eigenvalue weighted by Crippen LogP contribution is 2.37. The van der Waals surface area contributed by atoms with Gasteiger partial charge >= 0.3 is 0 Å². The molecule has 16 heavy (non-hydrogen) atoms. The summed E-state index contributed by atoms with van der Waals surface area (Å²) in [5.41, 5.74) is 1.20. The number of carbonyl (C=O) groups is 1. The van der Waals surface area contributed by atoms with E-state index in [0.29, 0.717) is 18.1 Å². The summed E-state index contributed by atoms with van der Waals surface area (Å²) in [6.07, 6.45) is 2.55. The normalized spacial score (nSPS) is 20.4. The topological polar surface area (TPSA) is 26.3 Å². The van der Waals surface area contributed by atoms with Crippen LogP contribution in [-0.4, -0.2) is 11.9 Å². The molecule has 0 aliphatic heterocycles. The maximum Gasteiger partial charge on any atom is 0.133 e. The minimum absolute atomic E-state index is 0.179. The first-order chi connectivity index (χ1) is 7.66. The number of ketones is 1. The fraction of sp³-hybridized carbons (Fsp3) is 0.500. The number of benzene rings is 1. The molecule has 1 aromatic rings. The minimum atomic E-state index is 0.179. The highest BCUT2D eigenvalue weighted by Gasteiger charge is 2.25. The summed E-state index contributed by atoms with van der Waals surface area (Å²) in [6.45, 7) is 4.05. The van der Waals surface area contributed by atoms with Crippen LogP contribution >= 0.6 is 0 Å². The molecule has 0 aromatic heterocycles. The zero-order valence-electron chi connectivity index (χ0n) is 9.90. The van der Waals surface area contributed by atoms with Crippen LogP contribution in [0.5, 0.6) is 5.75 Å². The van der Waals surface area contributed by atoms with Crippen LogP contribution in [0.4, 0.5) is 0 Å². The van der Waals surface area contributed by atoms with E-state index in [0.717, 1.165) is 18.6 Å². The molecule has 86 valence electrons. The molecule has 2 rings (SSSR count). The summed E-state index contributed by atoms with van der Waals surface area (Å²) >= 11 is 0. The summed E-state index contributed by atoms with van der Waals surface area (Å²) in [7, 11) is 0. The monoisotopic (exact) mass is 218 g/mol. The van der Waals surface area contributed by atoms with Gasteiger partial charge in [-0.05, 0) is 37.8 Å². The summed E-state index contributed by atoms with van der Waals surface area (Å²) in [4.78, 5) is 11.3. The Morgan fingerprint density at radius 1 is 1.31 bits per heavy atom. The molecular weight excluding hydrogens is 200 g/mol. The highest BCUT2D eigenvalue weighted by atomic mass is 16.5. The van der Waals surface area contributed by atoms with Crippen LogP contribution in [0.3, 0.4) is 0 Å². The second-order valence-corrected chi connectivity index (χ2v) is 4.68. The number of rotatable bonds is 3. The molecule has 0 amide bonds. The van der Waals surface area contributed by atoms with Gasteiger partial charge in [0.1, 0.15) is 11.5 Å². The van der Waals surface area contributed by atoms with Crippen molar-refractivity contribution in [3.63, 3.8) is 0 Å². The molecule has 0 saturated heterocycles. The zero-order chi connectivity index (χ0) is 11.5. The van der Waals surface area contributed by atoms with Gasteiger partial charge in [0.05, 0.1) is 6.10 Å². The van der Waals surface area contributed by atoms with E-state index in [-0.39, 0.29) is 6.10 Å². The van der Waals surface area contributed by atoms with E-state index >= 15 is 0 Å². The third kappa shape index (κ3) is 2.43. The van der Waals surface area contributed by atoms with E-state index in [2.05, 4.69) is 6.07 Å². The van der Waals surface area contributed by atoms with Crippen LogP contribution in [0.15, 0.2) is 24.3 Å². The lowest BCUT2D eigenvalue weighted by Crippen LogP contribution is -2.08. The SMILES string of the molecule is CC(C)Oc1ccccc1C1CCC(=O)C1. The van der Waals surface area contributed by atoms with Crippen molar-refractivity contribution in [3.05, 3.63) is 29.8 Å². The maximum absolute atomic E-state index is 11.3. The second-order valence-electron chi connectivity index (χ2n) is 4.68. The third-order valence-corrected chi connectivity index (χ3v) is 2.97. The van der Waals surface area contributed by atoms with Crippen molar-refractivity contribution in [1.29, 1.82) is 0 Å². The van der Waals surface area contributed by atoms with Gasteiger partial charge in [-0.15, -0.1) is 0 Å². The molecule has 1 fully saturated rings. The standard InChI is InChI=1S/C14H18O2/c1-10(2)16-14-6-4-3-5-13(14)11-7-8-12(15)9-11/h3-6,10-11H,7-9H2,1-2H3. The number of hydrogen-bond donors (Lipinski definition) is 0. The second kappa shape index (κ2) is 4.69. The van der Waals surface area contributed by atoms with E-state index in [9.17, 15) is 4.79 Å². The van der Waals surface area contributed by atoms with Gasteiger partial charge in [-0.2, -0.15) is 0 Å². The van der Waals surface area contributed by atoms with Crippen molar-refractivity contribution in [1.82, 2.24) is 0 Å². The maximum atomic E-state index is 11.3. The summed E-state index contributed by atoms with van der Waals surface area (Å²) < 4.78 is 5.78. The molecule has 1 atom stereocenters. The smallest absolute Gasteiger partial charge is 0.133 e. The summed E-state index contributed by atoms with van der Waals surface area (Å²) in [5, 5.41) is 0. The quantitative estimate of drug-likeness (QED) is 0.778. The molecule has 1 unspecified atom stereocenters. The molecule has 1 aromatic carbocycles. The Labute approximate surface area is 96.6 Å².